The summed E-state index contributed by atoms with van der Waals surface area (Å²) in [6.07, 6.45) is 11.9. The molecule has 11 rings (SSSR count). The lowest BCUT2D eigenvalue weighted by molar-refractivity contribution is -0.154. The van der Waals surface area contributed by atoms with E-state index in [2.05, 4.69) is 19.8 Å². The van der Waals surface area contributed by atoms with Crippen LogP contribution in [0.2, 0.25) is 5.02 Å². The monoisotopic (exact) mass is 630 g/mol. The molecule has 11 heteroatoms. The summed E-state index contributed by atoms with van der Waals surface area (Å²) in [5.41, 5.74) is 0.540. The highest BCUT2D eigenvalue weighted by atomic mass is 35.5. The van der Waals surface area contributed by atoms with Gasteiger partial charge < -0.3 is 19.2 Å². The molecule has 1 spiro atoms. The van der Waals surface area contributed by atoms with Gasteiger partial charge in [0.15, 0.2) is 5.82 Å². The summed E-state index contributed by atoms with van der Waals surface area (Å²) < 4.78 is 29.3. The zero-order valence-corrected chi connectivity index (χ0v) is 26.0. The molecule has 9 bridgehead atoms. The standard InChI is InChI=1S/C34H36ClFN6O3/c35-25-6-1-5-23-22(25)8-7-21-15-38-30(45-21)34(43)17-32(18-34)9-2-12-41(19-32)29-24-16-37-27(23)26(36)28(24)39-31(40-29)44-20-33-10-3-13-42(33)14-4-11-33/h1,5-6,15-16,43H,2-4,7-14,17-20H2. The van der Waals surface area contributed by atoms with Crippen LogP contribution in [-0.2, 0) is 18.4 Å². The fourth-order valence-electron chi connectivity index (χ4n) is 9.11. The van der Waals surface area contributed by atoms with Gasteiger partial charge in [0, 0.05) is 36.3 Å². The van der Waals surface area contributed by atoms with E-state index in [0.717, 1.165) is 63.7 Å². The Labute approximate surface area is 265 Å². The lowest BCUT2D eigenvalue weighted by Crippen LogP contribution is -2.57. The van der Waals surface area contributed by atoms with Gasteiger partial charge in [0.1, 0.15) is 35.0 Å². The number of aliphatic hydroxyl groups is 1. The van der Waals surface area contributed by atoms with Gasteiger partial charge in [0.2, 0.25) is 5.89 Å². The summed E-state index contributed by atoms with van der Waals surface area (Å²) in [6.45, 7) is 4.11. The van der Waals surface area contributed by atoms with Crippen LogP contribution in [-0.4, -0.2) is 68.3 Å². The van der Waals surface area contributed by atoms with Crippen LogP contribution >= 0.6 is 11.6 Å². The Hall–Kier alpha value is -3.34. The maximum atomic E-state index is 16.8. The Morgan fingerprint density at radius 1 is 1.00 bits per heavy atom. The van der Waals surface area contributed by atoms with Crippen LogP contribution in [0.1, 0.15) is 68.6 Å². The van der Waals surface area contributed by atoms with Crippen molar-refractivity contribution in [1.29, 1.82) is 0 Å². The highest BCUT2D eigenvalue weighted by Crippen LogP contribution is 2.58. The number of hydrogen-bond donors (Lipinski definition) is 1. The third-order valence-corrected chi connectivity index (χ3v) is 11.5. The first-order chi connectivity index (χ1) is 21.8. The molecule has 1 saturated carbocycles. The molecule has 234 valence electrons. The third kappa shape index (κ3) is 4.39. The molecule has 0 atom stereocenters. The van der Waals surface area contributed by atoms with E-state index in [4.69, 9.17) is 30.7 Å². The van der Waals surface area contributed by atoms with Gasteiger partial charge in [0.25, 0.3) is 0 Å². The normalized spacial score (nSPS) is 27.0. The summed E-state index contributed by atoms with van der Waals surface area (Å²) in [6, 6.07) is 5.66. The Bertz CT molecular complexity index is 1810. The molecule has 9 heterocycles. The molecule has 0 amide bonds. The van der Waals surface area contributed by atoms with Crippen LogP contribution in [0.25, 0.3) is 22.2 Å². The van der Waals surface area contributed by atoms with Crippen molar-refractivity contribution >= 4 is 28.3 Å². The van der Waals surface area contributed by atoms with Crippen molar-refractivity contribution in [1.82, 2.24) is 24.8 Å². The highest BCUT2D eigenvalue weighted by molar-refractivity contribution is 6.31. The number of pyridine rings is 1. The largest absolute Gasteiger partial charge is 0.461 e. The van der Waals surface area contributed by atoms with Crippen molar-refractivity contribution in [3.8, 4) is 17.3 Å². The van der Waals surface area contributed by atoms with E-state index in [1.807, 2.05) is 12.1 Å². The van der Waals surface area contributed by atoms with Crippen LogP contribution < -0.4 is 9.64 Å². The smallest absolute Gasteiger partial charge is 0.319 e. The predicted molar refractivity (Wildman–Crippen MR) is 167 cm³/mol. The van der Waals surface area contributed by atoms with Gasteiger partial charge in [-0.3, -0.25) is 9.88 Å². The first-order valence-electron chi connectivity index (χ1n) is 16.3. The van der Waals surface area contributed by atoms with E-state index in [-0.39, 0.29) is 28.2 Å². The Kier molecular flexibility index (Phi) is 6.25. The number of anilines is 1. The number of aryl methyl sites for hydroxylation is 1. The van der Waals surface area contributed by atoms with Crippen LogP contribution in [0.5, 0.6) is 6.01 Å². The molecule has 1 aromatic carbocycles. The highest BCUT2D eigenvalue weighted by Gasteiger charge is 2.58. The number of ether oxygens (including phenoxy) is 1. The van der Waals surface area contributed by atoms with Gasteiger partial charge in [0.05, 0.1) is 17.1 Å². The lowest BCUT2D eigenvalue weighted by atomic mass is 9.56. The molecule has 4 fully saturated rings. The molecule has 3 saturated heterocycles. The molecule has 6 aliphatic heterocycles. The molecule has 0 unspecified atom stereocenters. The molecule has 3 aromatic heterocycles. The van der Waals surface area contributed by atoms with Crippen LogP contribution in [0.15, 0.2) is 35.0 Å². The van der Waals surface area contributed by atoms with Crippen molar-refractivity contribution in [2.24, 2.45) is 5.41 Å². The fraction of sp³-hybridized carbons (Fsp3) is 0.529. The number of benzene rings is 1. The quantitative estimate of drug-likeness (QED) is 0.299. The number of aromatic nitrogens is 4. The van der Waals surface area contributed by atoms with Crippen molar-refractivity contribution in [2.45, 2.75) is 75.3 Å². The van der Waals surface area contributed by atoms with E-state index in [1.54, 1.807) is 18.5 Å². The summed E-state index contributed by atoms with van der Waals surface area (Å²) in [5.74, 6) is 1.15. The first kappa shape index (κ1) is 27.9. The zero-order chi connectivity index (χ0) is 30.4. The van der Waals surface area contributed by atoms with Crippen molar-refractivity contribution in [2.75, 3.05) is 37.7 Å². The topological polar surface area (TPSA) is 101 Å². The number of hydrogen-bond acceptors (Lipinski definition) is 9. The van der Waals surface area contributed by atoms with Crippen molar-refractivity contribution in [3.05, 3.63) is 58.6 Å². The van der Waals surface area contributed by atoms with E-state index >= 15 is 4.39 Å². The van der Waals surface area contributed by atoms with E-state index in [1.165, 1.54) is 0 Å². The SMILES string of the molecule is OC12CC3(CCCN(C3)c3nc(OCC45CCCN4CCC5)nc4c(F)c(ncc34)-c3cccc(Cl)c3CCc3cnc1o3)C2. The minimum atomic E-state index is -1.11. The van der Waals surface area contributed by atoms with Crippen LogP contribution in [0.3, 0.4) is 0 Å². The summed E-state index contributed by atoms with van der Waals surface area (Å²) in [5, 5.41) is 12.7. The van der Waals surface area contributed by atoms with Gasteiger partial charge in [-0.2, -0.15) is 9.97 Å². The molecular formula is C34H36ClFN6O3. The number of fused-ring (bicyclic) bond motifs is 1. The average molecular weight is 631 g/mol. The predicted octanol–water partition coefficient (Wildman–Crippen LogP) is 5.85. The van der Waals surface area contributed by atoms with Crippen molar-refractivity contribution in [3.63, 3.8) is 0 Å². The Balaban J connectivity index is 1.19. The maximum absolute atomic E-state index is 16.8. The number of oxazole rings is 1. The Morgan fingerprint density at radius 3 is 2.67 bits per heavy atom. The van der Waals surface area contributed by atoms with E-state index < -0.39 is 11.4 Å². The number of nitrogens with zero attached hydrogens (tertiary/aromatic N) is 6. The average Bonchev–Trinajstić information content (AvgIpc) is 3.75. The second-order valence-corrected chi connectivity index (χ2v) is 14.4. The first-order valence-corrected chi connectivity index (χ1v) is 16.7. The molecule has 4 aromatic rings. The molecule has 45 heavy (non-hydrogen) atoms. The Morgan fingerprint density at radius 2 is 1.82 bits per heavy atom. The van der Waals surface area contributed by atoms with Gasteiger partial charge in [-0.05, 0) is 87.9 Å². The summed E-state index contributed by atoms with van der Waals surface area (Å²) in [4.78, 5) is 23.6. The molecule has 1 aliphatic carbocycles. The lowest BCUT2D eigenvalue weighted by Gasteiger charge is -2.56. The fourth-order valence-corrected chi connectivity index (χ4v) is 9.38. The number of halogens is 2. The van der Waals surface area contributed by atoms with E-state index in [0.29, 0.717) is 72.3 Å². The second-order valence-electron chi connectivity index (χ2n) is 14.0. The van der Waals surface area contributed by atoms with Crippen LogP contribution in [0, 0.1) is 11.2 Å². The van der Waals surface area contributed by atoms with Gasteiger partial charge in [-0.15, -0.1) is 0 Å². The minimum Gasteiger partial charge on any atom is -0.461 e. The third-order valence-electron chi connectivity index (χ3n) is 11.2. The van der Waals surface area contributed by atoms with Gasteiger partial charge in [-0.25, -0.2) is 9.37 Å². The van der Waals surface area contributed by atoms with Crippen molar-refractivity contribution < 1.29 is 18.7 Å². The van der Waals surface area contributed by atoms with Crippen LogP contribution in [0.4, 0.5) is 10.2 Å². The summed E-state index contributed by atoms with van der Waals surface area (Å²) in [7, 11) is 0. The zero-order valence-electron chi connectivity index (χ0n) is 25.2. The molecule has 1 N–H and O–H groups in total. The van der Waals surface area contributed by atoms with Gasteiger partial charge >= 0.3 is 6.01 Å². The molecule has 9 nitrogen and oxygen atoms in total. The molecule has 0 radical (unpaired) electrons. The summed E-state index contributed by atoms with van der Waals surface area (Å²) >= 11 is 6.72. The molecule has 7 aliphatic rings. The number of rotatable bonds is 3. The van der Waals surface area contributed by atoms with E-state index in [9.17, 15) is 5.11 Å². The molecular weight excluding hydrogens is 595 g/mol. The maximum Gasteiger partial charge on any atom is 0.319 e. The number of piperidine rings is 1. The second kappa shape index (κ2) is 10.1. The minimum absolute atomic E-state index is 0.00751. The van der Waals surface area contributed by atoms with Gasteiger partial charge in [-0.1, -0.05) is 23.7 Å².